The van der Waals surface area contributed by atoms with Crippen molar-refractivity contribution < 1.29 is 9.53 Å². The number of aromatic amines is 1. The summed E-state index contributed by atoms with van der Waals surface area (Å²) in [4.78, 5) is 33.5. The highest BCUT2D eigenvalue weighted by Gasteiger charge is 2.20. The van der Waals surface area contributed by atoms with Crippen LogP contribution >= 0.6 is 34.7 Å². The van der Waals surface area contributed by atoms with Crippen LogP contribution in [0.15, 0.2) is 63.9 Å². The van der Waals surface area contributed by atoms with Crippen molar-refractivity contribution in [1.82, 2.24) is 9.97 Å². The van der Waals surface area contributed by atoms with Gasteiger partial charge >= 0.3 is 0 Å². The monoisotopic (exact) mass is 471 g/mol. The number of carbonyl (C=O) groups is 1. The highest BCUT2D eigenvalue weighted by Crippen LogP contribution is 2.32. The summed E-state index contributed by atoms with van der Waals surface area (Å²) in [6.07, 6.45) is 0. The lowest BCUT2D eigenvalue weighted by atomic mass is 10.1. The van der Waals surface area contributed by atoms with Gasteiger partial charge < -0.3 is 15.0 Å². The van der Waals surface area contributed by atoms with Crippen molar-refractivity contribution in [2.75, 3.05) is 12.4 Å². The van der Waals surface area contributed by atoms with Gasteiger partial charge in [-0.3, -0.25) is 9.59 Å². The molecule has 31 heavy (non-hydrogen) atoms. The van der Waals surface area contributed by atoms with Crippen molar-refractivity contribution in [2.45, 2.75) is 17.3 Å². The molecule has 2 aromatic carbocycles. The molecule has 2 aromatic heterocycles. The molecule has 0 aliphatic rings. The Kier molecular flexibility index (Phi) is 6.31. The molecule has 1 atom stereocenters. The number of anilines is 1. The molecule has 0 saturated heterocycles. The fourth-order valence-corrected chi connectivity index (χ4v) is 5.02. The number of nitrogens with one attached hydrogen (secondary N) is 2. The fraction of sp³-hybridized carbons (Fsp3) is 0.136. The SMILES string of the molecule is COc1ccc(Cl)cc1NC(=O)C(C)Sc1nc2scc(-c3ccccc3)c2c(=O)[nH]1. The van der Waals surface area contributed by atoms with Crippen molar-refractivity contribution in [3.8, 4) is 16.9 Å². The van der Waals surface area contributed by atoms with E-state index >= 15 is 0 Å². The van der Waals surface area contributed by atoms with Crippen LogP contribution in [0.1, 0.15) is 6.92 Å². The standard InChI is InChI=1S/C22H18ClN3O3S2/c1-12(19(27)24-16-10-14(23)8-9-17(16)29-2)31-22-25-20(28)18-15(11-30-21(18)26-22)13-6-4-3-5-7-13/h3-12H,1-2H3,(H,24,27)(H,25,26,28). The van der Waals surface area contributed by atoms with Gasteiger partial charge in [-0.2, -0.15) is 0 Å². The van der Waals surface area contributed by atoms with Gasteiger partial charge in [0, 0.05) is 16.0 Å². The van der Waals surface area contributed by atoms with Gasteiger partial charge in [0.2, 0.25) is 5.91 Å². The molecule has 9 heteroatoms. The molecular weight excluding hydrogens is 454 g/mol. The second kappa shape index (κ2) is 9.13. The zero-order valence-corrected chi connectivity index (χ0v) is 19.0. The van der Waals surface area contributed by atoms with Gasteiger partial charge in [-0.1, -0.05) is 53.7 Å². The maximum absolute atomic E-state index is 12.8. The predicted octanol–water partition coefficient (Wildman–Crippen LogP) is 5.43. The summed E-state index contributed by atoms with van der Waals surface area (Å²) in [5.41, 5.74) is 2.07. The van der Waals surface area contributed by atoms with Crippen molar-refractivity contribution in [3.63, 3.8) is 0 Å². The van der Waals surface area contributed by atoms with Gasteiger partial charge in [0.25, 0.3) is 5.56 Å². The average Bonchev–Trinajstić information content (AvgIpc) is 3.19. The third-order valence-corrected chi connectivity index (χ3v) is 6.68. The van der Waals surface area contributed by atoms with Crippen LogP contribution in [0.5, 0.6) is 5.75 Å². The number of H-pyrrole nitrogens is 1. The molecule has 0 bridgehead atoms. The number of carbonyl (C=O) groups excluding carboxylic acids is 1. The van der Waals surface area contributed by atoms with E-state index in [-0.39, 0.29) is 11.5 Å². The number of hydrogen-bond donors (Lipinski definition) is 2. The highest BCUT2D eigenvalue weighted by molar-refractivity contribution is 8.00. The Balaban J connectivity index is 1.55. The van der Waals surface area contributed by atoms with E-state index in [2.05, 4.69) is 15.3 Å². The van der Waals surface area contributed by atoms with E-state index < -0.39 is 5.25 Å². The third-order valence-electron chi connectivity index (χ3n) is 4.58. The molecule has 0 spiro atoms. The Morgan fingerprint density at radius 2 is 2.03 bits per heavy atom. The molecule has 2 N–H and O–H groups in total. The zero-order chi connectivity index (χ0) is 22.0. The summed E-state index contributed by atoms with van der Waals surface area (Å²) in [5, 5.41) is 5.66. The maximum Gasteiger partial charge on any atom is 0.260 e. The van der Waals surface area contributed by atoms with Gasteiger partial charge in [0.1, 0.15) is 10.6 Å². The van der Waals surface area contributed by atoms with Crippen molar-refractivity contribution in [3.05, 3.63) is 69.3 Å². The Morgan fingerprint density at radius 1 is 1.26 bits per heavy atom. The van der Waals surface area contributed by atoms with Crippen molar-refractivity contribution in [2.24, 2.45) is 0 Å². The number of benzene rings is 2. The Labute approximate surface area is 191 Å². The number of hydrogen-bond acceptors (Lipinski definition) is 6. The molecule has 0 saturated carbocycles. The van der Waals surface area contributed by atoms with Crippen LogP contribution in [-0.4, -0.2) is 28.2 Å². The van der Waals surface area contributed by atoms with Gasteiger partial charge in [-0.05, 0) is 30.7 Å². The Bertz CT molecular complexity index is 1300. The van der Waals surface area contributed by atoms with Crippen LogP contribution in [-0.2, 0) is 4.79 Å². The molecule has 0 radical (unpaired) electrons. The first-order valence-electron chi connectivity index (χ1n) is 9.34. The number of methoxy groups -OCH3 is 1. The van der Waals surface area contributed by atoms with Crippen molar-refractivity contribution in [1.29, 1.82) is 0 Å². The van der Waals surface area contributed by atoms with E-state index in [1.54, 1.807) is 25.1 Å². The van der Waals surface area contributed by atoms with Gasteiger partial charge in [0.05, 0.1) is 23.4 Å². The molecule has 0 aliphatic carbocycles. The number of thioether (sulfide) groups is 1. The number of fused-ring (bicyclic) bond motifs is 1. The fourth-order valence-electron chi connectivity index (χ4n) is 3.05. The van der Waals surface area contributed by atoms with E-state index in [0.29, 0.717) is 31.8 Å². The Hall–Kier alpha value is -2.81. The van der Waals surface area contributed by atoms with E-state index in [4.69, 9.17) is 16.3 Å². The second-order valence-corrected chi connectivity index (χ2v) is 9.28. The van der Waals surface area contributed by atoms with Crippen LogP contribution in [0.25, 0.3) is 21.3 Å². The lowest BCUT2D eigenvalue weighted by molar-refractivity contribution is -0.115. The number of rotatable bonds is 6. The summed E-state index contributed by atoms with van der Waals surface area (Å²) in [7, 11) is 1.52. The molecule has 0 aliphatic heterocycles. The molecule has 1 amide bonds. The van der Waals surface area contributed by atoms with E-state index in [0.717, 1.165) is 11.1 Å². The number of amides is 1. The smallest absolute Gasteiger partial charge is 0.260 e. The molecule has 1 unspecified atom stereocenters. The van der Waals surface area contributed by atoms with Gasteiger partial charge in [-0.25, -0.2) is 4.98 Å². The third kappa shape index (κ3) is 4.61. The molecule has 158 valence electrons. The topological polar surface area (TPSA) is 84.1 Å². The van der Waals surface area contributed by atoms with E-state index in [1.807, 2.05) is 35.7 Å². The number of thiophene rings is 1. The van der Waals surface area contributed by atoms with E-state index in [1.165, 1.54) is 30.2 Å². The summed E-state index contributed by atoms with van der Waals surface area (Å²) >= 11 is 8.61. The maximum atomic E-state index is 12.8. The minimum absolute atomic E-state index is 0.225. The van der Waals surface area contributed by atoms with Crippen LogP contribution in [0, 0.1) is 0 Å². The van der Waals surface area contributed by atoms with Gasteiger partial charge in [-0.15, -0.1) is 11.3 Å². The first-order valence-corrected chi connectivity index (χ1v) is 11.5. The average molecular weight is 472 g/mol. The molecule has 6 nitrogen and oxygen atoms in total. The summed E-state index contributed by atoms with van der Waals surface area (Å²) in [5.74, 6) is 0.249. The second-order valence-electron chi connectivity index (χ2n) is 6.66. The molecule has 4 rings (SSSR count). The Morgan fingerprint density at radius 3 is 2.77 bits per heavy atom. The normalized spacial score (nSPS) is 12.0. The lowest BCUT2D eigenvalue weighted by Crippen LogP contribution is -2.23. The molecular formula is C22H18ClN3O3S2. The van der Waals surface area contributed by atoms with Crippen LogP contribution in [0.4, 0.5) is 5.69 Å². The highest BCUT2D eigenvalue weighted by atomic mass is 35.5. The van der Waals surface area contributed by atoms with Gasteiger partial charge in [0.15, 0.2) is 5.16 Å². The zero-order valence-electron chi connectivity index (χ0n) is 16.6. The number of ether oxygens (including phenoxy) is 1. The number of halogens is 1. The first kappa shape index (κ1) is 21.4. The van der Waals surface area contributed by atoms with E-state index in [9.17, 15) is 9.59 Å². The minimum Gasteiger partial charge on any atom is -0.495 e. The molecule has 2 heterocycles. The number of aromatic nitrogens is 2. The summed E-state index contributed by atoms with van der Waals surface area (Å²) in [6.45, 7) is 1.74. The van der Waals surface area contributed by atoms with Crippen LogP contribution in [0.3, 0.4) is 0 Å². The van der Waals surface area contributed by atoms with Crippen molar-refractivity contribution >= 4 is 56.5 Å². The molecule has 4 aromatic rings. The first-order chi connectivity index (χ1) is 15.0. The lowest BCUT2D eigenvalue weighted by Gasteiger charge is -2.14. The number of nitrogens with zero attached hydrogens (tertiary/aromatic N) is 1. The predicted molar refractivity (Wildman–Crippen MR) is 128 cm³/mol. The van der Waals surface area contributed by atoms with Crippen LogP contribution in [0.2, 0.25) is 5.02 Å². The minimum atomic E-state index is -0.516. The summed E-state index contributed by atoms with van der Waals surface area (Å²) < 4.78 is 5.26. The summed E-state index contributed by atoms with van der Waals surface area (Å²) in [6, 6.07) is 14.7. The quantitative estimate of drug-likeness (QED) is 0.289. The molecule has 0 fully saturated rings. The largest absolute Gasteiger partial charge is 0.495 e. The van der Waals surface area contributed by atoms with Crippen LogP contribution < -0.4 is 15.6 Å².